The van der Waals surface area contributed by atoms with Crippen molar-refractivity contribution in [1.82, 2.24) is 5.32 Å². The summed E-state index contributed by atoms with van der Waals surface area (Å²) in [5, 5.41) is 3.09. The molecule has 0 aromatic rings. The molecule has 2 nitrogen and oxygen atoms in total. The Morgan fingerprint density at radius 1 is 1.31 bits per heavy atom. The number of hydrogen-bond acceptors (Lipinski definition) is 1. The van der Waals surface area contributed by atoms with Gasteiger partial charge in [-0.05, 0) is 44.4 Å². The molecule has 1 N–H and O–H groups in total. The van der Waals surface area contributed by atoms with Crippen LogP contribution in [0.1, 0.15) is 46.5 Å². The molecule has 0 saturated heterocycles. The third-order valence-electron chi connectivity index (χ3n) is 3.85. The Labute approximate surface area is 104 Å². The molecular weight excluding hydrogens is 222 g/mol. The van der Waals surface area contributed by atoms with Crippen LogP contribution in [0, 0.1) is 17.8 Å². The van der Waals surface area contributed by atoms with E-state index in [-0.39, 0.29) is 17.9 Å². The molecule has 0 bridgehead atoms. The predicted molar refractivity (Wildman–Crippen MR) is 68.6 cm³/mol. The van der Waals surface area contributed by atoms with Crippen LogP contribution >= 0.6 is 11.6 Å². The summed E-state index contributed by atoms with van der Waals surface area (Å²) < 4.78 is 0. The van der Waals surface area contributed by atoms with E-state index in [1.54, 1.807) is 0 Å². The number of halogens is 1. The van der Waals surface area contributed by atoms with E-state index >= 15 is 0 Å². The van der Waals surface area contributed by atoms with Gasteiger partial charge >= 0.3 is 0 Å². The Morgan fingerprint density at radius 2 is 1.88 bits per heavy atom. The topological polar surface area (TPSA) is 29.1 Å². The number of nitrogens with one attached hydrogen (secondary N) is 1. The third kappa shape index (κ3) is 3.97. The average molecular weight is 246 g/mol. The standard InChI is InChI=1S/C13H24ClNO/c1-9-4-6-12(7-5-9)13(16)15-11(3)10(2)8-14/h9-12H,4-8H2,1-3H3,(H,15,16). The molecule has 0 aromatic carbocycles. The Bertz CT molecular complexity index is 224. The summed E-state index contributed by atoms with van der Waals surface area (Å²) in [6, 6.07) is 0.185. The molecule has 1 rings (SSSR count). The SMILES string of the molecule is CC1CCC(C(=O)NC(C)C(C)CCl)CC1. The van der Waals surface area contributed by atoms with Crippen molar-refractivity contribution >= 4 is 17.5 Å². The molecule has 1 amide bonds. The van der Waals surface area contributed by atoms with E-state index in [4.69, 9.17) is 11.6 Å². The normalized spacial score (nSPS) is 29.5. The minimum atomic E-state index is 0.185. The largest absolute Gasteiger partial charge is 0.353 e. The zero-order valence-electron chi connectivity index (χ0n) is 10.6. The molecule has 0 heterocycles. The first kappa shape index (κ1) is 13.8. The molecule has 0 radical (unpaired) electrons. The van der Waals surface area contributed by atoms with Crippen molar-refractivity contribution in [3.63, 3.8) is 0 Å². The third-order valence-corrected chi connectivity index (χ3v) is 4.34. The molecule has 0 aliphatic heterocycles. The minimum Gasteiger partial charge on any atom is -0.353 e. The minimum absolute atomic E-state index is 0.185. The molecule has 0 spiro atoms. The summed E-state index contributed by atoms with van der Waals surface area (Å²) in [6.45, 7) is 6.38. The Morgan fingerprint density at radius 3 is 2.38 bits per heavy atom. The number of carbonyl (C=O) groups excluding carboxylic acids is 1. The first-order valence-electron chi connectivity index (χ1n) is 6.41. The average Bonchev–Trinajstić information content (AvgIpc) is 2.28. The maximum absolute atomic E-state index is 12.0. The van der Waals surface area contributed by atoms with Gasteiger partial charge in [-0.1, -0.05) is 13.8 Å². The molecule has 1 saturated carbocycles. The molecule has 1 aliphatic carbocycles. The number of alkyl halides is 1. The quantitative estimate of drug-likeness (QED) is 0.758. The Kier molecular flexibility index (Phi) is 5.60. The van der Waals surface area contributed by atoms with Crippen LogP contribution in [0.15, 0.2) is 0 Å². The molecule has 16 heavy (non-hydrogen) atoms. The second kappa shape index (κ2) is 6.48. The number of hydrogen-bond donors (Lipinski definition) is 1. The van der Waals surface area contributed by atoms with E-state index in [9.17, 15) is 4.79 Å². The monoisotopic (exact) mass is 245 g/mol. The van der Waals surface area contributed by atoms with Gasteiger partial charge in [-0.25, -0.2) is 0 Å². The van der Waals surface area contributed by atoms with Gasteiger partial charge in [0.05, 0.1) is 0 Å². The van der Waals surface area contributed by atoms with Crippen molar-refractivity contribution in [3.05, 3.63) is 0 Å². The van der Waals surface area contributed by atoms with E-state index in [0.717, 1.165) is 18.8 Å². The Balaban J connectivity index is 2.34. The number of carbonyl (C=O) groups is 1. The molecule has 94 valence electrons. The van der Waals surface area contributed by atoms with Gasteiger partial charge in [-0.15, -0.1) is 11.6 Å². The van der Waals surface area contributed by atoms with Crippen molar-refractivity contribution < 1.29 is 4.79 Å². The lowest BCUT2D eigenvalue weighted by molar-refractivity contribution is -0.127. The Hall–Kier alpha value is -0.240. The summed E-state index contributed by atoms with van der Waals surface area (Å²) >= 11 is 5.78. The van der Waals surface area contributed by atoms with Gasteiger partial charge in [-0.2, -0.15) is 0 Å². The van der Waals surface area contributed by atoms with Crippen LogP contribution in [0.25, 0.3) is 0 Å². The fraction of sp³-hybridized carbons (Fsp3) is 0.923. The van der Waals surface area contributed by atoms with Gasteiger partial charge < -0.3 is 5.32 Å². The highest BCUT2D eigenvalue weighted by Crippen LogP contribution is 2.28. The highest BCUT2D eigenvalue weighted by Gasteiger charge is 2.25. The van der Waals surface area contributed by atoms with Crippen LogP contribution in [-0.2, 0) is 4.79 Å². The number of rotatable bonds is 4. The van der Waals surface area contributed by atoms with Crippen molar-refractivity contribution in [2.24, 2.45) is 17.8 Å². The van der Waals surface area contributed by atoms with Crippen molar-refractivity contribution in [3.8, 4) is 0 Å². The van der Waals surface area contributed by atoms with E-state index in [2.05, 4.69) is 19.2 Å². The maximum atomic E-state index is 12.0. The van der Waals surface area contributed by atoms with E-state index in [1.165, 1.54) is 12.8 Å². The van der Waals surface area contributed by atoms with Gasteiger partial charge in [0.25, 0.3) is 0 Å². The summed E-state index contributed by atoms with van der Waals surface area (Å²) in [5.41, 5.74) is 0. The molecule has 1 fully saturated rings. The highest BCUT2D eigenvalue weighted by atomic mass is 35.5. The van der Waals surface area contributed by atoms with Crippen LogP contribution < -0.4 is 5.32 Å². The maximum Gasteiger partial charge on any atom is 0.223 e. The second-order valence-corrected chi connectivity index (χ2v) is 5.69. The van der Waals surface area contributed by atoms with Crippen LogP contribution in [0.5, 0.6) is 0 Å². The summed E-state index contributed by atoms with van der Waals surface area (Å²) in [7, 11) is 0. The lowest BCUT2D eigenvalue weighted by Gasteiger charge is -2.27. The van der Waals surface area contributed by atoms with Crippen molar-refractivity contribution in [1.29, 1.82) is 0 Å². The zero-order valence-corrected chi connectivity index (χ0v) is 11.4. The van der Waals surface area contributed by atoms with Crippen molar-refractivity contribution in [2.75, 3.05) is 5.88 Å². The zero-order chi connectivity index (χ0) is 12.1. The highest BCUT2D eigenvalue weighted by molar-refractivity contribution is 6.18. The lowest BCUT2D eigenvalue weighted by atomic mass is 9.82. The van der Waals surface area contributed by atoms with Gasteiger partial charge in [0, 0.05) is 17.8 Å². The fourth-order valence-electron chi connectivity index (χ4n) is 2.14. The van der Waals surface area contributed by atoms with Crippen molar-refractivity contribution in [2.45, 2.75) is 52.5 Å². The lowest BCUT2D eigenvalue weighted by Crippen LogP contribution is -2.42. The number of amides is 1. The first-order valence-corrected chi connectivity index (χ1v) is 6.94. The fourth-order valence-corrected chi connectivity index (χ4v) is 2.41. The van der Waals surface area contributed by atoms with E-state index < -0.39 is 0 Å². The summed E-state index contributed by atoms with van der Waals surface area (Å²) in [6.07, 6.45) is 4.49. The molecular formula is C13H24ClNO. The smallest absolute Gasteiger partial charge is 0.223 e. The molecule has 2 unspecified atom stereocenters. The van der Waals surface area contributed by atoms with Gasteiger partial charge in [-0.3, -0.25) is 4.79 Å². The predicted octanol–water partition coefficient (Wildman–Crippen LogP) is 3.19. The van der Waals surface area contributed by atoms with E-state index in [1.807, 2.05) is 6.92 Å². The molecule has 1 aliphatic rings. The van der Waals surface area contributed by atoms with Gasteiger partial charge in [0.1, 0.15) is 0 Å². The molecule has 0 aromatic heterocycles. The van der Waals surface area contributed by atoms with Gasteiger partial charge in [0.15, 0.2) is 0 Å². The molecule has 2 atom stereocenters. The summed E-state index contributed by atoms with van der Waals surface area (Å²) in [4.78, 5) is 12.0. The summed E-state index contributed by atoms with van der Waals surface area (Å²) in [5.74, 6) is 2.21. The van der Waals surface area contributed by atoms with E-state index in [0.29, 0.717) is 11.8 Å². The van der Waals surface area contributed by atoms with Crippen LogP contribution in [-0.4, -0.2) is 17.8 Å². The van der Waals surface area contributed by atoms with Crippen LogP contribution in [0.3, 0.4) is 0 Å². The molecule has 3 heteroatoms. The van der Waals surface area contributed by atoms with Crippen LogP contribution in [0.2, 0.25) is 0 Å². The van der Waals surface area contributed by atoms with Crippen LogP contribution in [0.4, 0.5) is 0 Å². The second-order valence-electron chi connectivity index (χ2n) is 5.39. The van der Waals surface area contributed by atoms with Gasteiger partial charge in [0.2, 0.25) is 5.91 Å². The first-order chi connectivity index (χ1) is 7.54.